The van der Waals surface area contributed by atoms with Crippen LogP contribution in [0.4, 0.5) is 16.2 Å². The van der Waals surface area contributed by atoms with E-state index in [1.165, 1.54) is 39.5 Å². The van der Waals surface area contributed by atoms with E-state index < -0.39 is 6.09 Å². The maximum absolute atomic E-state index is 12.0. The first-order valence-electron chi connectivity index (χ1n) is 13.1. The van der Waals surface area contributed by atoms with Crippen molar-refractivity contribution in [2.75, 3.05) is 37.4 Å². The molecule has 1 saturated heterocycles. The highest BCUT2D eigenvalue weighted by atomic mass is 16.5. The van der Waals surface area contributed by atoms with Gasteiger partial charge in [-0.2, -0.15) is 0 Å². The Bertz CT molecular complexity index is 1210. The van der Waals surface area contributed by atoms with Gasteiger partial charge in [0.2, 0.25) is 5.91 Å². The van der Waals surface area contributed by atoms with E-state index in [9.17, 15) is 14.4 Å². The lowest BCUT2D eigenvalue weighted by Gasteiger charge is -2.16. The Morgan fingerprint density at radius 2 is 1.58 bits per heavy atom. The van der Waals surface area contributed by atoms with Gasteiger partial charge in [0, 0.05) is 44.3 Å². The molecule has 2 atom stereocenters. The van der Waals surface area contributed by atoms with Crippen LogP contribution >= 0.6 is 0 Å². The Kier molecular flexibility index (Phi) is 9.65. The van der Waals surface area contributed by atoms with Crippen molar-refractivity contribution >= 4 is 29.7 Å². The van der Waals surface area contributed by atoms with Crippen LogP contribution in [-0.2, 0) is 9.53 Å². The van der Waals surface area contributed by atoms with E-state index in [0.29, 0.717) is 12.0 Å². The molecule has 1 aliphatic carbocycles. The zero-order chi connectivity index (χ0) is 26.7. The van der Waals surface area contributed by atoms with E-state index in [0.717, 1.165) is 47.2 Å². The maximum Gasteiger partial charge on any atom is 0.411 e. The third kappa shape index (κ3) is 7.52. The second kappa shape index (κ2) is 13.5. The second-order valence-electron chi connectivity index (χ2n) is 9.78. The minimum Gasteiger partial charge on any atom is -0.453 e. The van der Waals surface area contributed by atoms with Crippen molar-refractivity contribution < 1.29 is 20.5 Å². The summed E-state index contributed by atoms with van der Waals surface area (Å²) in [5.41, 5.74) is 4.14. The molecular weight excluding hydrogens is 478 g/mol. The van der Waals surface area contributed by atoms with Gasteiger partial charge in [-0.3, -0.25) is 14.9 Å². The monoisotopic (exact) mass is 515 g/mol. The SMILES string of the molecule is COC(=O)Nc1ccccc1-c1ccccc1.O=Cc1ccc(NC(=O)CCN2CC3CCCC3C2)cc1.[HH]. The molecule has 5 rings (SSSR count). The Morgan fingerprint density at radius 3 is 2.24 bits per heavy atom. The van der Waals surface area contributed by atoms with Crippen LogP contribution in [0.3, 0.4) is 0 Å². The third-order valence-electron chi connectivity index (χ3n) is 7.22. The number of hydrogen-bond donors (Lipinski definition) is 2. The standard InChI is InChI=1S/C17H22N2O2.C14H13NO2.H2/c20-12-13-4-6-16(7-5-13)18-17(21)8-9-19-10-14-2-1-3-15(14)11-19;1-17-14(16)15-13-10-6-5-9-12(13)11-7-3-2-4-8-11;/h4-7,12,14-15H,1-3,8-11H2,(H,18,21);2-10H,1H3,(H,15,16);1H. The minimum atomic E-state index is -0.464. The molecule has 2 unspecified atom stereocenters. The molecular formula is C31H37N3O4. The van der Waals surface area contributed by atoms with Crippen molar-refractivity contribution in [3.05, 3.63) is 84.4 Å². The van der Waals surface area contributed by atoms with Gasteiger partial charge in [-0.15, -0.1) is 0 Å². The average Bonchev–Trinajstić information content (AvgIpc) is 3.56. The van der Waals surface area contributed by atoms with Gasteiger partial charge >= 0.3 is 6.09 Å². The summed E-state index contributed by atoms with van der Waals surface area (Å²) in [6.45, 7) is 3.20. The molecule has 7 heteroatoms. The predicted octanol–water partition coefficient (Wildman–Crippen LogP) is 6.34. The molecule has 2 aliphatic rings. The normalized spacial score (nSPS) is 18.0. The summed E-state index contributed by atoms with van der Waals surface area (Å²) in [5.74, 6) is 1.80. The Morgan fingerprint density at radius 1 is 0.921 bits per heavy atom. The molecule has 1 heterocycles. The lowest BCUT2D eigenvalue weighted by Crippen LogP contribution is -2.26. The quantitative estimate of drug-likeness (QED) is 0.359. The lowest BCUT2D eigenvalue weighted by molar-refractivity contribution is -0.116. The van der Waals surface area contributed by atoms with E-state index in [2.05, 4.69) is 20.3 Å². The maximum atomic E-state index is 12.0. The number of likely N-dealkylation sites (tertiary alicyclic amines) is 1. The van der Waals surface area contributed by atoms with Crippen LogP contribution < -0.4 is 10.6 Å². The molecule has 0 bridgehead atoms. The Balaban J connectivity index is 0.000000215. The number of aldehydes is 1. The summed E-state index contributed by atoms with van der Waals surface area (Å²) in [4.78, 5) is 36.2. The van der Waals surface area contributed by atoms with Gasteiger partial charge in [-0.1, -0.05) is 55.0 Å². The van der Waals surface area contributed by atoms with Crippen molar-refractivity contribution in [1.29, 1.82) is 0 Å². The van der Waals surface area contributed by atoms with Crippen LogP contribution in [0, 0.1) is 11.8 Å². The third-order valence-corrected chi connectivity index (χ3v) is 7.22. The van der Waals surface area contributed by atoms with Crippen molar-refractivity contribution in [1.82, 2.24) is 4.90 Å². The first kappa shape index (κ1) is 27.1. The molecule has 38 heavy (non-hydrogen) atoms. The molecule has 1 aliphatic heterocycles. The number of hydrogen-bond acceptors (Lipinski definition) is 5. The number of amides is 2. The first-order chi connectivity index (χ1) is 18.6. The van der Waals surface area contributed by atoms with Crippen LogP contribution in [0.1, 0.15) is 37.5 Å². The number of rotatable bonds is 7. The first-order valence-corrected chi connectivity index (χ1v) is 13.1. The summed E-state index contributed by atoms with van der Waals surface area (Å²) in [6.07, 6.45) is 5.01. The topological polar surface area (TPSA) is 87.7 Å². The largest absolute Gasteiger partial charge is 0.453 e. The van der Waals surface area contributed by atoms with E-state index in [4.69, 9.17) is 0 Å². The molecule has 3 aromatic rings. The van der Waals surface area contributed by atoms with E-state index in [-0.39, 0.29) is 7.33 Å². The molecule has 0 aromatic heterocycles. The Labute approximate surface area is 225 Å². The number of methoxy groups -OCH3 is 1. The fourth-order valence-electron chi connectivity index (χ4n) is 5.27. The number of carbonyl (C=O) groups excluding carboxylic acids is 3. The zero-order valence-corrected chi connectivity index (χ0v) is 21.8. The summed E-state index contributed by atoms with van der Waals surface area (Å²) in [5, 5.41) is 5.58. The number of benzene rings is 3. The second-order valence-corrected chi connectivity index (χ2v) is 9.78. The molecule has 3 aromatic carbocycles. The summed E-state index contributed by atoms with van der Waals surface area (Å²) in [7, 11) is 1.35. The van der Waals surface area contributed by atoms with Gasteiger partial charge in [0.15, 0.2) is 0 Å². The van der Waals surface area contributed by atoms with Gasteiger partial charge in [0.1, 0.15) is 6.29 Å². The average molecular weight is 516 g/mol. The van der Waals surface area contributed by atoms with Gasteiger partial charge in [-0.25, -0.2) is 4.79 Å². The number of anilines is 2. The molecule has 0 spiro atoms. The number of ether oxygens (including phenoxy) is 1. The van der Waals surface area contributed by atoms with Crippen molar-refractivity contribution in [3.63, 3.8) is 0 Å². The summed E-state index contributed by atoms with van der Waals surface area (Å²) >= 11 is 0. The minimum absolute atomic E-state index is 0. The van der Waals surface area contributed by atoms with E-state index in [1.54, 1.807) is 24.3 Å². The smallest absolute Gasteiger partial charge is 0.411 e. The summed E-state index contributed by atoms with van der Waals surface area (Å²) in [6, 6.07) is 24.4. The summed E-state index contributed by atoms with van der Waals surface area (Å²) < 4.78 is 4.59. The van der Waals surface area contributed by atoms with Crippen molar-refractivity contribution in [3.8, 4) is 11.1 Å². The van der Waals surface area contributed by atoms with Crippen LogP contribution in [-0.4, -0.2) is 49.9 Å². The predicted molar refractivity (Wildman–Crippen MR) is 152 cm³/mol. The fraction of sp³-hybridized carbons (Fsp3) is 0.323. The molecule has 1 saturated carbocycles. The fourth-order valence-corrected chi connectivity index (χ4v) is 5.27. The zero-order valence-electron chi connectivity index (χ0n) is 21.8. The van der Waals surface area contributed by atoms with Gasteiger partial charge in [0.25, 0.3) is 0 Å². The van der Waals surface area contributed by atoms with Gasteiger partial charge < -0.3 is 15.0 Å². The highest BCUT2D eigenvalue weighted by Crippen LogP contribution is 2.37. The molecule has 2 N–H and O–H groups in total. The molecule has 0 radical (unpaired) electrons. The highest BCUT2D eigenvalue weighted by Gasteiger charge is 2.35. The lowest BCUT2D eigenvalue weighted by atomic mass is 10.0. The van der Waals surface area contributed by atoms with E-state index in [1.807, 2.05) is 54.6 Å². The molecule has 2 fully saturated rings. The van der Waals surface area contributed by atoms with Gasteiger partial charge in [-0.05, 0) is 60.6 Å². The number of carbonyl (C=O) groups is 3. The molecule has 7 nitrogen and oxygen atoms in total. The number of nitrogens with zero attached hydrogens (tertiary/aromatic N) is 1. The Hall–Kier alpha value is -3.97. The van der Waals surface area contributed by atoms with E-state index >= 15 is 0 Å². The van der Waals surface area contributed by atoms with Crippen LogP contribution in [0.5, 0.6) is 0 Å². The number of fused-ring (bicyclic) bond motifs is 1. The van der Waals surface area contributed by atoms with Crippen molar-refractivity contribution in [2.24, 2.45) is 11.8 Å². The highest BCUT2D eigenvalue weighted by molar-refractivity contribution is 5.92. The van der Waals surface area contributed by atoms with Gasteiger partial charge in [0.05, 0.1) is 12.8 Å². The molecule has 2 amide bonds. The van der Waals surface area contributed by atoms with Crippen molar-refractivity contribution in [2.45, 2.75) is 25.7 Å². The van der Waals surface area contributed by atoms with Crippen LogP contribution in [0.2, 0.25) is 0 Å². The number of nitrogens with one attached hydrogen (secondary N) is 2. The van der Waals surface area contributed by atoms with Crippen LogP contribution in [0.15, 0.2) is 78.9 Å². The number of para-hydroxylation sites is 1. The molecule has 200 valence electrons. The van der Waals surface area contributed by atoms with Crippen LogP contribution in [0.25, 0.3) is 11.1 Å².